The standard InChI is InChI=1S/C12H25N3/c1-10(2)8-11-6-7-15(9-11)12(13-3)14(4)5/h10-11H,6-9H2,1-5H3. The van der Waals surface area contributed by atoms with Crippen LogP contribution in [0.15, 0.2) is 4.99 Å². The third kappa shape index (κ3) is 3.40. The maximum Gasteiger partial charge on any atom is 0.195 e. The van der Waals surface area contributed by atoms with Crippen molar-refractivity contribution in [2.45, 2.75) is 26.7 Å². The first-order valence-electron chi connectivity index (χ1n) is 5.93. The fourth-order valence-corrected chi connectivity index (χ4v) is 2.50. The number of aliphatic imine (C=N–C) groups is 1. The van der Waals surface area contributed by atoms with E-state index >= 15 is 0 Å². The molecule has 1 unspecified atom stereocenters. The summed E-state index contributed by atoms with van der Waals surface area (Å²) >= 11 is 0. The SMILES string of the molecule is CN=C(N(C)C)N1CCC(CC(C)C)C1. The summed E-state index contributed by atoms with van der Waals surface area (Å²) in [5, 5.41) is 0. The quantitative estimate of drug-likeness (QED) is 0.513. The molecule has 0 aromatic heterocycles. The highest BCUT2D eigenvalue weighted by atomic mass is 15.4. The van der Waals surface area contributed by atoms with Crippen LogP contribution in [0.4, 0.5) is 0 Å². The molecule has 0 N–H and O–H groups in total. The third-order valence-electron chi connectivity index (χ3n) is 2.97. The lowest BCUT2D eigenvalue weighted by Gasteiger charge is -2.26. The van der Waals surface area contributed by atoms with E-state index in [0.717, 1.165) is 17.8 Å². The summed E-state index contributed by atoms with van der Waals surface area (Å²) in [7, 11) is 6.02. The maximum atomic E-state index is 4.35. The lowest BCUT2D eigenvalue weighted by Crippen LogP contribution is -2.39. The Labute approximate surface area is 94.2 Å². The van der Waals surface area contributed by atoms with Crippen LogP contribution in [0.5, 0.6) is 0 Å². The Balaban J connectivity index is 2.48. The predicted octanol–water partition coefficient (Wildman–Crippen LogP) is 1.90. The van der Waals surface area contributed by atoms with Gasteiger partial charge in [-0.2, -0.15) is 0 Å². The average molecular weight is 211 g/mol. The Hall–Kier alpha value is -0.730. The molecule has 1 saturated heterocycles. The minimum Gasteiger partial charge on any atom is -0.349 e. The number of likely N-dealkylation sites (tertiary alicyclic amines) is 1. The molecule has 0 bridgehead atoms. The Morgan fingerprint density at radius 1 is 1.47 bits per heavy atom. The van der Waals surface area contributed by atoms with Crippen LogP contribution in [0, 0.1) is 11.8 Å². The van der Waals surface area contributed by atoms with E-state index in [1.807, 2.05) is 7.05 Å². The zero-order chi connectivity index (χ0) is 11.4. The van der Waals surface area contributed by atoms with Gasteiger partial charge in [0.15, 0.2) is 5.96 Å². The average Bonchev–Trinajstić information content (AvgIpc) is 2.52. The molecule has 0 aromatic carbocycles. The highest BCUT2D eigenvalue weighted by Crippen LogP contribution is 2.23. The lowest BCUT2D eigenvalue weighted by atomic mass is 9.97. The number of hydrogen-bond donors (Lipinski definition) is 0. The zero-order valence-corrected chi connectivity index (χ0v) is 10.8. The third-order valence-corrected chi connectivity index (χ3v) is 2.97. The second-order valence-corrected chi connectivity index (χ2v) is 5.15. The van der Waals surface area contributed by atoms with E-state index in [1.54, 1.807) is 0 Å². The van der Waals surface area contributed by atoms with Crippen LogP contribution in [0.2, 0.25) is 0 Å². The van der Waals surface area contributed by atoms with Crippen molar-refractivity contribution < 1.29 is 0 Å². The second-order valence-electron chi connectivity index (χ2n) is 5.15. The van der Waals surface area contributed by atoms with Crippen molar-refractivity contribution in [1.82, 2.24) is 9.80 Å². The normalized spacial score (nSPS) is 22.7. The molecule has 3 nitrogen and oxygen atoms in total. The van der Waals surface area contributed by atoms with Gasteiger partial charge in [-0.25, -0.2) is 0 Å². The summed E-state index contributed by atoms with van der Waals surface area (Å²) in [5.74, 6) is 2.80. The van der Waals surface area contributed by atoms with E-state index in [0.29, 0.717) is 0 Å². The number of hydrogen-bond acceptors (Lipinski definition) is 1. The van der Waals surface area contributed by atoms with Crippen molar-refractivity contribution in [2.75, 3.05) is 34.2 Å². The monoisotopic (exact) mass is 211 g/mol. The van der Waals surface area contributed by atoms with Gasteiger partial charge < -0.3 is 9.80 Å². The largest absolute Gasteiger partial charge is 0.349 e. The van der Waals surface area contributed by atoms with Crippen molar-refractivity contribution in [3.8, 4) is 0 Å². The number of rotatable bonds is 2. The van der Waals surface area contributed by atoms with E-state index in [4.69, 9.17) is 0 Å². The summed E-state index contributed by atoms with van der Waals surface area (Å²) in [6, 6.07) is 0. The molecule has 1 rings (SSSR count). The van der Waals surface area contributed by atoms with Gasteiger partial charge in [0.2, 0.25) is 0 Å². The van der Waals surface area contributed by atoms with Crippen LogP contribution in [0.25, 0.3) is 0 Å². The van der Waals surface area contributed by atoms with Crippen LogP contribution >= 0.6 is 0 Å². The van der Waals surface area contributed by atoms with Crippen molar-refractivity contribution in [3.63, 3.8) is 0 Å². The van der Waals surface area contributed by atoms with Gasteiger partial charge in [-0.05, 0) is 24.7 Å². The molecule has 1 aliphatic heterocycles. The molecule has 0 saturated carbocycles. The lowest BCUT2D eigenvalue weighted by molar-refractivity contribution is 0.383. The van der Waals surface area contributed by atoms with Gasteiger partial charge in [-0.15, -0.1) is 0 Å². The van der Waals surface area contributed by atoms with Crippen LogP contribution in [0.3, 0.4) is 0 Å². The van der Waals surface area contributed by atoms with Gasteiger partial charge in [-0.1, -0.05) is 13.8 Å². The number of nitrogens with zero attached hydrogens (tertiary/aromatic N) is 3. The fraction of sp³-hybridized carbons (Fsp3) is 0.917. The van der Waals surface area contributed by atoms with E-state index in [2.05, 4.69) is 42.7 Å². The van der Waals surface area contributed by atoms with Crippen LogP contribution in [0.1, 0.15) is 26.7 Å². The minimum absolute atomic E-state index is 0.816. The van der Waals surface area contributed by atoms with E-state index < -0.39 is 0 Å². The molecule has 0 aliphatic carbocycles. The van der Waals surface area contributed by atoms with Gasteiger partial charge >= 0.3 is 0 Å². The van der Waals surface area contributed by atoms with Gasteiger partial charge in [0.25, 0.3) is 0 Å². The Bertz CT molecular complexity index is 221. The Morgan fingerprint density at radius 2 is 2.13 bits per heavy atom. The van der Waals surface area contributed by atoms with Crippen molar-refractivity contribution in [2.24, 2.45) is 16.8 Å². The van der Waals surface area contributed by atoms with Crippen LogP contribution in [-0.2, 0) is 0 Å². The summed E-state index contributed by atoms with van der Waals surface area (Å²) in [4.78, 5) is 8.87. The minimum atomic E-state index is 0.816. The molecule has 15 heavy (non-hydrogen) atoms. The second kappa shape index (κ2) is 5.38. The van der Waals surface area contributed by atoms with Crippen LogP contribution in [-0.4, -0.2) is 50.0 Å². The molecule has 0 amide bonds. The molecular formula is C12H25N3. The number of guanidine groups is 1. The highest BCUT2D eigenvalue weighted by Gasteiger charge is 2.25. The van der Waals surface area contributed by atoms with E-state index in [9.17, 15) is 0 Å². The predicted molar refractivity (Wildman–Crippen MR) is 66.2 cm³/mol. The molecule has 88 valence electrons. The zero-order valence-electron chi connectivity index (χ0n) is 10.8. The maximum absolute atomic E-state index is 4.35. The molecular weight excluding hydrogens is 186 g/mol. The first-order chi connectivity index (χ1) is 7.04. The van der Waals surface area contributed by atoms with Crippen LogP contribution < -0.4 is 0 Å². The smallest absolute Gasteiger partial charge is 0.195 e. The van der Waals surface area contributed by atoms with E-state index in [1.165, 1.54) is 25.9 Å². The summed E-state index contributed by atoms with van der Waals surface area (Å²) in [6.07, 6.45) is 2.67. The molecule has 1 heterocycles. The van der Waals surface area contributed by atoms with Crippen molar-refractivity contribution in [1.29, 1.82) is 0 Å². The van der Waals surface area contributed by atoms with Gasteiger partial charge in [-0.3, -0.25) is 4.99 Å². The first kappa shape index (κ1) is 12.3. The topological polar surface area (TPSA) is 18.8 Å². The molecule has 1 aliphatic rings. The van der Waals surface area contributed by atoms with E-state index in [-0.39, 0.29) is 0 Å². The highest BCUT2D eigenvalue weighted by molar-refractivity contribution is 5.79. The molecule has 0 aromatic rings. The summed E-state index contributed by atoms with van der Waals surface area (Å²) in [5.41, 5.74) is 0. The molecule has 0 radical (unpaired) electrons. The molecule has 0 spiro atoms. The van der Waals surface area contributed by atoms with Gasteiger partial charge in [0, 0.05) is 34.2 Å². The van der Waals surface area contributed by atoms with Crippen molar-refractivity contribution in [3.05, 3.63) is 0 Å². The Kier molecular flexibility index (Phi) is 4.43. The summed E-state index contributed by atoms with van der Waals surface area (Å²) < 4.78 is 0. The van der Waals surface area contributed by atoms with Gasteiger partial charge in [0.05, 0.1) is 0 Å². The Morgan fingerprint density at radius 3 is 2.60 bits per heavy atom. The van der Waals surface area contributed by atoms with Gasteiger partial charge in [0.1, 0.15) is 0 Å². The molecule has 1 fully saturated rings. The summed E-state index contributed by atoms with van der Waals surface area (Å²) in [6.45, 7) is 6.97. The van der Waals surface area contributed by atoms with Crippen molar-refractivity contribution >= 4 is 5.96 Å². The molecule has 1 atom stereocenters. The first-order valence-corrected chi connectivity index (χ1v) is 5.93. The fourth-order valence-electron chi connectivity index (χ4n) is 2.50. The molecule has 3 heteroatoms.